The maximum Gasteiger partial charge on any atom is 0.112 e. The Morgan fingerprint density at radius 1 is 0.760 bits per heavy atom. The summed E-state index contributed by atoms with van der Waals surface area (Å²) in [5.74, 6) is 0. The molecule has 25 heavy (non-hydrogen) atoms. The highest BCUT2D eigenvalue weighted by Gasteiger charge is 2.42. The summed E-state index contributed by atoms with van der Waals surface area (Å²) in [4.78, 5) is 0. The molecule has 0 aliphatic carbocycles. The van der Waals surface area contributed by atoms with Crippen LogP contribution in [-0.2, 0) is 14.2 Å². The highest BCUT2D eigenvalue weighted by molar-refractivity contribution is 5.35. The summed E-state index contributed by atoms with van der Waals surface area (Å²) in [5.41, 5.74) is 3.21. The summed E-state index contributed by atoms with van der Waals surface area (Å²) >= 11 is 0. The van der Waals surface area contributed by atoms with E-state index in [4.69, 9.17) is 24.7 Å². The first kappa shape index (κ1) is 15.8. The van der Waals surface area contributed by atoms with Crippen LogP contribution in [0.25, 0.3) is 0 Å². The molecule has 2 saturated heterocycles. The standard InChI is InChI=1S/C20H16N2O3/c21-9-13-1-5-15(6-2-13)19(17-11-23-17)25-20(18-12-24-18)16-7-3-14(10-22)4-8-16/h1-8,17-20H,11-12H2. The monoisotopic (exact) mass is 332 g/mol. The molecule has 5 heteroatoms. The molecule has 2 aliphatic heterocycles. The van der Waals surface area contributed by atoms with E-state index in [0.717, 1.165) is 11.1 Å². The van der Waals surface area contributed by atoms with Gasteiger partial charge in [-0.15, -0.1) is 0 Å². The van der Waals surface area contributed by atoms with E-state index in [0.29, 0.717) is 24.3 Å². The van der Waals surface area contributed by atoms with Crippen LogP contribution in [0.15, 0.2) is 48.5 Å². The van der Waals surface area contributed by atoms with Crippen LogP contribution < -0.4 is 0 Å². The molecule has 124 valence electrons. The van der Waals surface area contributed by atoms with Gasteiger partial charge in [-0.1, -0.05) is 24.3 Å². The average molecular weight is 332 g/mol. The smallest absolute Gasteiger partial charge is 0.112 e. The summed E-state index contributed by atoms with van der Waals surface area (Å²) in [6, 6.07) is 19.1. The van der Waals surface area contributed by atoms with Crippen LogP contribution in [0.4, 0.5) is 0 Å². The van der Waals surface area contributed by atoms with E-state index in [-0.39, 0.29) is 24.4 Å². The normalized spacial score (nSPS) is 23.1. The minimum Gasteiger partial charge on any atom is -0.370 e. The third-order valence-corrected chi connectivity index (χ3v) is 4.42. The predicted molar refractivity (Wildman–Crippen MR) is 88.4 cm³/mol. The van der Waals surface area contributed by atoms with E-state index in [1.807, 2.05) is 24.3 Å². The molecule has 4 rings (SSSR count). The number of ether oxygens (including phenoxy) is 3. The number of hydrogen-bond acceptors (Lipinski definition) is 5. The minimum absolute atomic E-state index is 0.0209. The first-order valence-corrected chi connectivity index (χ1v) is 8.17. The van der Waals surface area contributed by atoms with Crippen molar-refractivity contribution in [3.63, 3.8) is 0 Å². The van der Waals surface area contributed by atoms with Gasteiger partial charge >= 0.3 is 0 Å². The van der Waals surface area contributed by atoms with Gasteiger partial charge in [-0.05, 0) is 35.4 Å². The second-order valence-electron chi connectivity index (χ2n) is 6.19. The van der Waals surface area contributed by atoms with E-state index >= 15 is 0 Å². The highest BCUT2D eigenvalue weighted by atomic mass is 16.6. The molecule has 2 aromatic rings. The molecule has 2 fully saturated rings. The van der Waals surface area contributed by atoms with Crippen LogP contribution in [0.1, 0.15) is 34.5 Å². The molecule has 2 aromatic carbocycles. The van der Waals surface area contributed by atoms with Gasteiger partial charge < -0.3 is 14.2 Å². The van der Waals surface area contributed by atoms with E-state index in [1.165, 1.54) is 0 Å². The number of epoxide rings is 2. The molecule has 5 nitrogen and oxygen atoms in total. The summed E-state index contributed by atoms with van der Waals surface area (Å²) in [6.07, 6.45) is -0.379. The molecule has 4 unspecified atom stereocenters. The van der Waals surface area contributed by atoms with Gasteiger partial charge in [-0.3, -0.25) is 0 Å². The first-order valence-electron chi connectivity index (χ1n) is 8.17. The first-order chi connectivity index (χ1) is 12.3. The summed E-state index contributed by atoms with van der Waals surface area (Å²) in [7, 11) is 0. The van der Waals surface area contributed by atoms with Crippen molar-refractivity contribution < 1.29 is 14.2 Å². The van der Waals surface area contributed by atoms with Gasteiger partial charge in [-0.25, -0.2) is 0 Å². The fourth-order valence-corrected chi connectivity index (χ4v) is 2.88. The Morgan fingerprint density at radius 3 is 1.40 bits per heavy atom. The Kier molecular flexibility index (Phi) is 4.21. The van der Waals surface area contributed by atoms with Crippen molar-refractivity contribution in [2.75, 3.05) is 13.2 Å². The highest BCUT2D eigenvalue weighted by Crippen LogP contribution is 2.40. The van der Waals surface area contributed by atoms with Crippen molar-refractivity contribution in [1.29, 1.82) is 10.5 Å². The maximum atomic E-state index is 8.96. The minimum atomic E-state index is -0.211. The molecular formula is C20H16N2O3. The fourth-order valence-electron chi connectivity index (χ4n) is 2.88. The van der Waals surface area contributed by atoms with E-state index in [1.54, 1.807) is 24.3 Å². The molecule has 2 aliphatic rings. The summed E-state index contributed by atoms with van der Waals surface area (Å²) in [6.45, 7) is 1.33. The predicted octanol–water partition coefficient (Wildman–Crippen LogP) is 3.03. The Balaban J connectivity index is 1.58. The van der Waals surface area contributed by atoms with Crippen LogP contribution in [0.3, 0.4) is 0 Å². The zero-order valence-electron chi connectivity index (χ0n) is 13.5. The van der Waals surface area contributed by atoms with Crippen LogP contribution >= 0.6 is 0 Å². The zero-order valence-corrected chi connectivity index (χ0v) is 13.5. The van der Waals surface area contributed by atoms with Gasteiger partial charge in [0.2, 0.25) is 0 Å². The van der Waals surface area contributed by atoms with E-state index < -0.39 is 0 Å². The number of hydrogen-bond donors (Lipinski definition) is 0. The second kappa shape index (κ2) is 6.66. The van der Waals surface area contributed by atoms with Crippen molar-refractivity contribution in [2.45, 2.75) is 24.4 Å². The lowest BCUT2D eigenvalue weighted by Gasteiger charge is -2.24. The van der Waals surface area contributed by atoms with Crippen LogP contribution in [0.5, 0.6) is 0 Å². The summed E-state index contributed by atoms with van der Waals surface area (Å²) in [5, 5.41) is 17.9. The van der Waals surface area contributed by atoms with Crippen LogP contribution in [0, 0.1) is 22.7 Å². The summed E-state index contributed by atoms with van der Waals surface area (Å²) < 4.78 is 17.4. The van der Waals surface area contributed by atoms with Crippen LogP contribution in [0.2, 0.25) is 0 Å². The van der Waals surface area contributed by atoms with Gasteiger partial charge in [0.15, 0.2) is 0 Å². The van der Waals surface area contributed by atoms with Gasteiger partial charge in [0.25, 0.3) is 0 Å². The number of nitrogens with zero attached hydrogens (tertiary/aromatic N) is 2. The topological polar surface area (TPSA) is 81.9 Å². The third-order valence-electron chi connectivity index (χ3n) is 4.42. The SMILES string of the molecule is N#Cc1ccc(C(OC(c2ccc(C#N)cc2)C2CO2)C2CO2)cc1. The van der Waals surface area contributed by atoms with Crippen molar-refractivity contribution in [3.05, 3.63) is 70.8 Å². The average Bonchev–Trinajstić information content (AvgIpc) is 3.56. The Hall–Kier alpha value is -2.70. The lowest BCUT2D eigenvalue weighted by Crippen LogP contribution is -2.19. The Morgan fingerprint density at radius 2 is 1.12 bits per heavy atom. The number of benzene rings is 2. The molecule has 0 N–H and O–H groups in total. The molecule has 2 heterocycles. The van der Waals surface area contributed by atoms with Crippen LogP contribution in [-0.4, -0.2) is 25.4 Å². The van der Waals surface area contributed by atoms with E-state index in [9.17, 15) is 0 Å². The largest absolute Gasteiger partial charge is 0.370 e. The Labute approximate surface area is 146 Å². The molecule has 4 atom stereocenters. The van der Waals surface area contributed by atoms with Crippen molar-refractivity contribution in [1.82, 2.24) is 0 Å². The number of rotatable bonds is 6. The Bertz CT molecular complexity index is 754. The van der Waals surface area contributed by atoms with Crippen molar-refractivity contribution in [3.8, 4) is 12.1 Å². The molecule has 0 saturated carbocycles. The molecular weight excluding hydrogens is 316 g/mol. The lowest BCUT2D eigenvalue weighted by molar-refractivity contribution is -0.0419. The third kappa shape index (κ3) is 3.55. The number of nitriles is 2. The fraction of sp³-hybridized carbons (Fsp3) is 0.300. The van der Waals surface area contributed by atoms with E-state index in [2.05, 4.69) is 12.1 Å². The second-order valence-corrected chi connectivity index (χ2v) is 6.19. The molecule has 0 aromatic heterocycles. The molecule has 0 spiro atoms. The lowest BCUT2D eigenvalue weighted by atomic mass is 10.0. The maximum absolute atomic E-state index is 8.96. The zero-order chi connectivity index (χ0) is 17.2. The molecule has 0 amide bonds. The van der Waals surface area contributed by atoms with Crippen molar-refractivity contribution >= 4 is 0 Å². The van der Waals surface area contributed by atoms with Gasteiger partial charge in [0.1, 0.15) is 24.4 Å². The molecule has 0 radical (unpaired) electrons. The van der Waals surface area contributed by atoms with Gasteiger partial charge in [-0.2, -0.15) is 10.5 Å². The molecule has 0 bridgehead atoms. The van der Waals surface area contributed by atoms with Crippen molar-refractivity contribution in [2.24, 2.45) is 0 Å². The van der Waals surface area contributed by atoms with Gasteiger partial charge in [0, 0.05) is 0 Å². The van der Waals surface area contributed by atoms with Gasteiger partial charge in [0.05, 0.1) is 36.5 Å². The quantitative estimate of drug-likeness (QED) is 0.759.